The number of anilines is 3. The standard InChI is InChI=1S/C45H61N5O7Si2/c1-30-25-39(31(2)24-34(30)27-46-28-37(45(3,4)43(56-58-5)57-59-6)33-16-17-41(52)40(26-33)47-29-51)48-42(53)20-23-50-21-18-35(19-22-50)55-44(54)49-38-15-11-10-14-36(38)32-12-8-7-9-13-32/h7-17,24-26,29,35,37,43,46,52H,18-23,27-28,58-59H2,1-6H3,(H,47,51)(H,48,53)(H,49,54)/t37-/m1/s1. The van der Waals surface area contributed by atoms with E-state index in [1.165, 1.54) is 0 Å². The van der Waals surface area contributed by atoms with Gasteiger partial charge >= 0.3 is 6.09 Å². The molecule has 1 heterocycles. The molecule has 59 heavy (non-hydrogen) atoms. The second-order valence-electron chi connectivity index (χ2n) is 15.7. The molecule has 4 aromatic carbocycles. The topological polar surface area (TPSA) is 150 Å². The Kier molecular flexibility index (Phi) is 16.8. The van der Waals surface area contributed by atoms with Crippen LogP contribution in [0, 0.1) is 19.3 Å². The van der Waals surface area contributed by atoms with Crippen LogP contribution in [0.5, 0.6) is 5.75 Å². The minimum Gasteiger partial charge on any atom is -0.506 e. The number of hydrogen-bond donors (Lipinski definition) is 5. The van der Waals surface area contributed by atoms with Gasteiger partial charge in [0.1, 0.15) is 18.1 Å². The van der Waals surface area contributed by atoms with Crippen LogP contribution in [0.2, 0.25) is 13.1 Å². The predicted molar refractivity (Wildman–Crippen MR) is 241 cm³/mol. The summed E-state index contributed by atoms with van der Waals surface area (Å²) in [4.78, 5) is 39.5. The summed E-state index contributed by atoms with van der Waals surface area (Å²) < 4.78 is 18.3. The SMILES string of the molecule is C[SiH2]OC(O[SiH2]C)C(C)(C)[C@H](CNCc1cc(C)c(NC(=O)CCN2CCC(OC(=O)Nc3ccccc3-c3ccccc3)CC2)cc1C)c1ccc(O)c(NC=O)c1. The van der Waals surface area contributed by atoms with Crippen LogP contribution in [-0.2, 0) is 29.7 Å². The van der Waals surface area contributed by atoms with Crippen molar-refractivity contribution in [2.75, 3.05) is 42.1 Å². The lowest BCUT2D eigenvalue weighted by Crippen LogP contribution is -2.43. The monoisotopic (exact) mass is 839 g/mol. The molecular weight excluding hydrogens is 779 g/mol. The number of benzene rings is 4. The number of phenols is 1. The maximum absolute atomic E-state index is 13.1. The molecule has 0 aliphatic carbocycles. The van der Waals surface area contributed by atoms with E-state index < -0.39 is 31.0 Å². The Labute approximate surface area is 353 Å². The number of aryl methyl sites for hydroxylation is 2. The van der Waals surface area contributed by atoms with E-state index in [0.29, 0.717) is 56.7 Å². The van der Waals surface area contributed by atoms with E-state index in [4.69, 9.17) is 13.6 Å². The Balaban J connectivity index is 1.11. The highest BCUT2D eigenvalue weighted by Crippen LogP contribution is 2.42. The molecule has 316 valence electrons. The normalized spacial score (nSPS) is 15.0. The smallest absolute Gasteiger partial charge is 0.411 e. The lowest BCUT2D eigenvalue weighted by Gasteiger charge is -2.41. The van der Waals surface area contributed by atoms with Gasteiger partial charge < -0.3 is 39.5 Å². The number of carbonyl (C=O) groups excluding carboxylic acids is 3. The van der Waals surface area contributed by atoms with Crippen LogP contribution in [-0.4, -0.2) is 86.5 Å². The molecule has 4 aromatic rings. The number of hydrogen-bond acceptors (Lipinski definition) is 9. The van der Waals surface area contributed by atoms with Crippen molar-refractivity contribution in [2.45, 2.75) is 84.9 Å². The number of carbonyl (C=O) groups is 3. The third-order valence-corrected chi connectivity index (χ3v) is 12.4. The fourth-order valence-electron chi connectivity index (χ4n) is 7.73. The van der Waals surface area contributed by atoms with Gasteiger partial charge in [-0.15, -0.1) is 0 Å². The van der Waals surface area contributed by atoms with Crippen LogP contribution in [0.1, 0.15) is 61.3 Å². The number of ether oxygens (including phenoxy) is 1. The lowest BCUT2D eigenvalue weighted by molar-refractivity contribution is -0.116. The molecule has 12 nitrogen and oxygen atoms in total. The molecule has 5 rings (SSSR count). The van der Waals surface area contributed by atoms with Crippen molar-refractivity contribution in [3.05, 3.63) is 107 Å². The van der Waals surface area contributed by atoms with E-state index in [1.807, 2.05) is 79.7 Å². The molecule has 0 bridgehead atoms. The van der Waals surface area contributed by atoms with Gasteiger partial charge in [-0.25, -0.2) is 4.79 Å². The lowest BCUT2D eigenvalue weighted by atomic mass is 9.74. The quantitative estimate of drug-likeness (QED) is 0.0280. The van der Waals surface area contributed by atoms with Crippen molar-refractivity contribution in [2.24, 2.45) is 5.41 Å². The van der Waals surface area contributed by atoms with Gasteiger partial charge in [-0.2, -0.15) is 0 Å². The molecule has 1 aliphatic heterocycles. The number of phenolic OH excluding ortho intramolecular Hbond substituents is 1. The van der Waals surface area contributed by atoms with E-state index in [1.54, 1.807) is 6.07 Å². The van der Waals surface area contributed by atoms with Crippen LogP contribution in [0.25, 0.3) is 11.1 Å². The largest absolute Gasteiger partial charge is 0.506 e. The summed E-state index contributed by atoms with van der Waals surface area (Å²) in [5, 5.41) is 22.7. The Morgan fingerprint density at radius 1 is 0.881 bits per heavy atom. The zero-order valence-corrected chi connectivity index (χ0v) is 38.1. The summed E-state index contributed by atoms with van der Waals surface area (Å²) in [6.07, 6.45) is 1.33. The fraction of sp³-hybridized carbons (Fsp3) is 0.400. The first kappa shape index (κ1) is 45.3. The summed E-state index contributed by atoms with van der Waals surface area (Å²) in [6, 6.07) is 27.1. The van der Waals surface area contributed by atoms with Crippen molar-refractivity contribution in [1.29, 1.82) is 0 Å². The number of amides is 3. The average molecular weight is 840 g/mol. The average Bonchev–Trinajstić information content (AvgIpc) is 3.22. The van der Waals surface area contributed by atoms with E-state index in [9.17, 15) is 19.5 Å². The summed E-state index contributed by atoms with van der Waals surface area (Å²) >= 11 is 0. The van der Waals surface area contributed by atoms with Crippen LogP contribution >= 0.6 is 0 Å². The number of piperidine rings is 1. The Morgan fingerprint density at radius 3 is 2.27 bits per heavy atom. The molecule has 0 unspecified atom stereocenters. The molecule has 0 saturated carbocycles. The molecule has 1 atom stereocenters. The Morgan fingerprint density at radius 2 is 1.58 bits per heavy atom. The van der Waals surface area contributed by atoms with Crippen molar-refractivity contribution >= 4 is 55.0 Å². The number of rotatable bonds is 20. The molecule has 0 aromatic heterocycles. The van der Waals surface area contributed by atoms with Crippen LogP contribution in [0.4, 0.5) is 21.9 Å². The maximum atomic E-state index is 13.1. The van der Waals surface area contributed by atoms with Gasteiger partial charge in [-0.3, -0.25) is 14.9 Å². The number of para-hydroxylation sites is 1. The van der Waals surface area contributed by atoms with Crippen LogP contribution < -0.4 is 21.3 Å². The Hall–Kier alpha value is -4.84. The van der Waals surface area contributed by atoms with Gasteiger partial charge in [-0.05, 0) is 78.8 Å². The van der Waals surface area contributed by atoms with Gasteiger partial charge in [-0.1, -0.05) is 87.6 Å². The fourth-order valence-corrected chi connectivity index (χ4v) is 9.58. The van der Waals surface area contributed by atoms with E-state index in [2.05, 4.69) is 66.1 Å². The molecule has 0 spiro atoms. The second kappa shape index (κ2) is 22.0. The zero-order valence-electron chi connectivity index (χ0n) is 35.3. The molecule has 1 aliphatic rings. The first-order valence-electron chi connectivity index (χ1n) is 20.6. The molecule has 3 amide bonds. The molecule has 14 heteroatoms. The highest BCUT2D eigenvalue weighted by molar-refractivity contribution is 6.26. The molecule has 5 N–H and O–H groups in total. The number of likely N-dealkylation sites (tertiary alicyclic amines) is 1. The van der Waals surface area contributed by atoms with Gasteiger partial charge in [0.2, 0.25) is 12.3 Å². The van der Waals surface area contributed by atoms with Gasteiger partial charge in [0.05, 0.1) is 11.4 Å². The second-order valence-corrected chi connectivity index (χ2v) is 17.5. The molecule has 0 radical (unpaired) electrons. The van der Waals surface area contributed by atoms with E-state index >= 15 is 0 Å². The molecule has 1 fully saturated rings. The highest BCUT2D eigenvalue weighted by atomic mass is 28.2. The summed E-state index contributed by atoms with van der Waals surface area (Å²) in [5.41, 5.74) is 7.50. The first-order chi connectivity index (χ1) is 28.4. The minimum atomic E-state index is -0.752. The third-order valence-electron chi connectivity index (χ3n) is 11.1. The van der Waals surface area contributed by atoms with Crippen LogP contribution in [0.15, 0.2) is 84.9 Å². The van der Waals surface area contributed by atoms with Gasteiger partial charge in [0.25, 0.3) is 0 Å². The molecule has 1 saturated heterocycles. The zero-order chi connectivity index (χ0) is 42.4. The third kappa shape index (κ3) is 12.6. The summed E-state index contributed by atoms with van der Waals surface area (Å²) in [5.74, 6) is -0.113. The number of nitrogens with zero attached hydrogens (tertiary/aromatic N) is 1. The minimum absolute atomic E-state index is 0.00465. The van der Waals surface area contributed by atoms with E-state index in [-0.39, 0.29) is 30.0 Å². The van der Waals surface area contributed by atoms with Crippen molar-refractivity contribution in [3.63, 3.8) is 0 Å². The van der Waals surface area contributed by atoms with Gasteiger partial charge in [0, 0.05) is 61.7 Å². The first-order valence-corrected chi connectivity index (χ1v) is 24.6. The predicted octanol–water partition coefficient (Wildman–Crippen LogP) is 6.81. The number of aromatic hydroxyl groups is 1. The van der Waals surface area contributed by atoms with Crippen molar-refractivity contribution in [1.82, 2.24) is 10.2 Å². The Bertz CT molecular complexity index is 2000. The highest BCUT2D eigenvalue weighted by Gasteiger charge is 2.39. The summed E-state index contributed by atoms with van der Waals surface area (Å²) in [7, 11) is -1.50. The molecular formula is C45H61N5O7Si2. The van der Waals surface area contributed by atoms with Crippen molar-refractivity contribution in [3.8, 4) is 16.9 Å². The maximum Gasteiger partial charge on any atom is 0.411 e. The van der Waals surface area contributed by atoms with Crippen molar-refractivity contribution < 1.29 is 33.1 Å². The van der Waals surface area contributed by atoms with Gasteiger partial charge in [0.15, 0.2) is 19.5 Å². The number of nitrogens with one attached hydrogen (secondary N) is 4. The summed E-state index contributed by atoms with van der Waals surface area (Å²) in [6.45, 7) is 15.9. The van der Waals surface area contributed by atoms with Crippen LogP contribution in [0.3, 0.4) is 0 Å². The van der Waals surface area contributed by atoms with E-state index in [0.717, 1.165) is 52.2 Å².